The smallest absolute Gasteiger partial charge is 0.269 e. The fraction of sp³-hybridized carbons (Fsp3) is 0.250. The largest absolute Gasteiger partial charge is 0.497 e. The molecule has 2 aromatic carbocycles. The zero-order chi connectivity index (χ0) is 20.1. The lowest BCUT2D eigenvalue weighted by Gasteiger charge is -2.17. The lowest BCUT2D eigenvalue weighted by atomic mass is 10.1. The molecule has 8 heteroatoms. The quantitative estimate of drug-likeness (QED) is 0.763. The zero-order valence-electron chi connectivity index (χ0n) is 15.6. The van der Waals surface area contributed by atoms with Crippen molar-refractivity contribution in [2.75, 3.05) is 25.7 Å². The Hall–Kier alpha value is -3.55. The van der Waals surface area contributed by atoms with Crippen LogP contribution in [0.15, 0.2) is 48.5 Å². The molecule has 0 aliphatic carbocycles. The molecule has 0 bridgehead atoms. The van der Waals surface area contributed by atoms with Crippen LogP contribution in [0.2, 0.25) is 0 Å². The molecule has 3 rings (SSSR count). The van der Waals surface area contributed by atoms with Gasteiger partial charge in [0.05, 0.1) is 20.1 Å². The summed E-state index contributed by atoms with van der Waals surface area (Å²) in [5.74, 6) is -0.245. The van der Waals surface area contributed by atoms with Crippen LogP contribution in [0.25, 0.3) is 0 Å². The highest BCUT2D eigenvalue weighted by atomic mass is 16.5. The second kappa shape index (κ2) is 8.43. The molecule has 2 N–H and O–H groups in total. The number of ether oxygens (including phenoxy) is 2. The highest BCUT2D eigenvalue weighted by molar-refractivity contribution is 6.01. The van der Waals surface area contributed by atoms with Crippen molar-refractivity contribution in [3.63, 3.8) is 0 Å². The number of anilines is 1. The van der Waals surface area contributed by atoms with Crippen molar-refractivity contribution in [3.8, 4) is 11.5 Å². The van der Waals surface area contributed by atoms with E-state index in [4.69, 9.17) is 9.47 Å². The molecule has 3 amide bonds. The number of carbonyl (C=O) groups excluding carboxylic acids is 3. The molecule has 0 unspecified atom stereocenters. The molecular weight excluding hydrogens is 362 g/mol. The molecule has 2 aromatic rings. The standard InChI is InChI=1S/C20H21N3O5/c1-27-16-7-3-13(4-8-16)19(25)21-22-20(26)14-11-18(24)23(12-14)15-5-9-17(28-2)10-6-15/h3-10,14H,11-12H2,1-2H3,(H,21,25)(H,22,26)/t14-/m0/s1. The molecule has 0 aromatic heterocycles. The number of hydrogen-bond acceptors (Lipinski definition) is 5. The summed E-state index contributed by atoms with van der Waals surface area (Å²) >= 11 is 0. The van der Waals surface area contributed by atoms with Crippen molar-refractivity contribution >= 4 is 23.4 Å². The Balaban J connectivity index is 1.55. The van der Waals surface area contributed by atoms with E-state index in [9.17, 15) is 14.4 Å². The van der Waals surface area contributed by atoms with E-state index in [2.05, 4.69) is 10.9 Å². The second-order valence-electron chi connectivity index (χ2n) is 6.28. The van der Waals surface area contributed by atoms with Crippen molar-refractivity contribution in [3.05, 3.63) is 54.1 Å². The number of rotatable bonds is 5. The fourth-order valence-corrected chi connectivity index (χ4v) is 2.93. The number of methoxy groups -OCH3 is 2. The first-order valence-corrected chi connectivity index (χ1v) is 8.70. The van der Waals surface area contributed by atoms with Gasteiger partial charge in [-0.05, 0) is 48.5 Å². The number of amides is 3. The van der Waals surface area contributed by atoms with Crippen LogP contribution in [0.1, 0.15) is 16.8 Å². The predicted molar refractivity (Wildman–Crippen MR) is 102 cm³/mol. The summed E-state index contributed by atoms with van der Waals surface area (Å²) in [5.41, 5.74) is 5.84. The Morgan fingerprint density at radius 1 is 0.929 bits per heavy atom. The maximum atomic E-state index is 12.4. The first-order chi connectivity index (χ1) is 13.5. The second-order valence-corrected chi connectivity index (χ2v) is 6.28. The summed E-state index contributed by atoms with van der Waals surface area (Å²) in [6.07, 6.45) is 0.0796. The van der Waals surface area contributed by atoms with Gasteiger partial charge in [-0.15, -0.1) is 0 Å². The molecule has 1 atom stereocenters. The van der Waals surface area contributed by atoms with Gasteiger partial charge in [-0.1, -0.05) is 0 Å². The van der Waals surface area contributed by atoms with Crippen LogP contribution in [-0.2, 0) is 9.59 Å². The number of nitrogens with zero attached hydrogens (tertiary/aromatic N) is 1. The van der Waals surface area contributed by atoms with E-state index in [-0.39, 0.29) is 18.9 Å². The van der Waals surface area contributed by atoms with E-state index in [0.717, 1.165) is 0 Å². The van der Waals surface area contributed by atoms with Gasteiger partial charge < -0.3 is 14.4 Å². The van der Waals surface area contributed by atoms with Crippen LogP contribution >= 0.6 is 0 Å². The first kappa shape index (κ1) is 19.2. The van der Waals surface area contributed by atoms with Gasteiger partial charge in [-0.2, -0.15) is 0 Å². The van der Waals surface area contributed by atoms with Crippen molar-refractivity contribution in [1.82, 2.24) is 10.9 Å². The molecule has 28 heavy (non-hydrogen) atoms. The summed E-state index contributed by atoms with van der Waals surface area (Å²) in [4.78, 5) is 38.3. The molecular formula is C20H21N3O5. The minimum Gasteiger partial charge on any atom is -0.497 e. The summed E-state index contributed by atoms with van der Waals surface area (Å²) in [6.45, 7) is 0.245. The van der Waals surface area contributed by atoms with Gasteiger partial charge in [0.1, 0.15) is 11.5 Å². The van der Waals surface area contributed by atoms with Crippen LogP contribution in [0.4, 0.5) is 5.69 Å². The Labute approximate surface area is 162 Å². The molecule has 1 heterocycles. The maximum absolute atomic E-state index is 12.4. The Kier molecular flexibility index (Phi) is 5.78. The summed E-state index contributed by atoms with van der Waals surface area (Å²) < 4.78 is 10.1. The van der Waals surface area contributed by atoms with Gasteiger partial charge in [-0.3, -0.25) is 25.2 Å². The van der Waals surface area contributed by atoms with Gasteiger partial charge in [-0.25, -0.2) is 0 Å². The average molecular weight is 383 g/mol. The summed E-state index contributed by atoms with van der Waals surface area (Å²) in [5, 5.41) is 0. The molecule has 1 saturated heterocycles. The Morgan fingerprint density at radius 2 is 1.50 bits per heavy atom. The molecule has 1 fully saturated rings. The predicted octanol–water partition coefficient (Wildman–Crippen LogP) is 1.52. The van der Waals surface area contributed by atoms with E-state index in [1.807, 2.05) is 0 Å². The van der Waals surface area contributed by atoms with E-state index >= 15 is 0 Å². The number of hydrogen-bond donors (Lipinski definition) is 2. The molecule has 146 valence electrons. The Bertz CT molecular complexity index is 864. The average Bonchev–Trinajstić information content (AvgIpc) is 3.13. The number of benzene rings is 2. The lowest BCUT2D eigenvalue weighted by molar-refractivity contribution is -0.126. The third-order valence-corrected chi connectivity index (χ3v) is 4.53. The molecule has 8 nitrogen and oxygen atoms in total. The Morgan fingerprint density at radius 3 is 2.07 bits per heavy atom. The number of nitrogens with one attached hydrogen (secondary N) is 2. The van der Waals surface area contributed by atoms with E-state index in [1.165, 1.54) is 7.11 Å². The van der Waals surface area contributed by atoms with Crippen LogP contribution in [-0.4, -0.2) is 38.5 Å². The maximum Gasteiger partial charge on any atom is 0.269 e. The van der Waals surface area contributed by atoms with Gasteiger partial charge in [0.2, 0.25) is 11.8 Å². The molecule has 0 saturated carbocycles. The molecule has 1 aliphatic heterocycles. The van der Waals surface area contributed by atoms with E-state index in [0.29, 0.717) is 22.7 Å². The summed E-state index contributed by atoms with van der Waals surface area (Å²) in [7, 11) is 3.10. The molecule has 0 spiro atoms. The van der Waals surface area contributed by atoms with Crippen LogP contribution in [0, 0.1) is 5.92 Å². The van der Waals surface area contributed by atoms with Crippen molar-refractivity contribution in [1.29, 1.82) is 0 Å². The van der Waals surface area contributed by atoms with Crippen LogP contribution < -0.4 is 25.2 Å². The zero-order valence-corrected chi connectivity index (χ0v) is 15.6. The van der Waals surface area contributed by atoms with Gasteiger partial charge in [0.25, 0.3) is 5.91 Å². The van der Waals surface area contributed by atoms with Gasteiger partial charge in [0.15, 0.2) is 0 Å². The third-order valence-electron chi connectivity index (χ3n) is 4.53. The van der Waals surface area contributed by atoms with Crippen molar-refractivity contribution in [2.24, 2.45) is 5.92 Å². The van der Waals surface area contributed by atoms with E-state index in [1.54, 1.807) is 60.5 Å². The number of carbonyl (C=O) groups is 3. The highest BCUT2D eigenvalue weighted by Crippen LogP contribution is 2.26. The van der Waals surface area contributed by atoms with Crippen LogP contribution in [0.5, 0.6) is 11.5 Å². The third kappa shape index (κ3) is 4.22. The number of hydrazine groups is 1. The molecule has 0 radical (unpaired) electrons. The lowest BCUT2D eigenvalue weighted by Crippen LogP contribution is -2.45. The van der Waals surface area contributed by atoms with E-state index < -0.39 is 17.7 Å². The minimum absolute atomic E-state index is 0.0796. The topological polar surface area (TPSA) is 97.0 Å². The SMILES string of the molecule is COc1ccc(C(=O)NNC(=O)[C@H]2CC(=O)N(c3ccc(OC)cc3)C2)cc1. The van der Waals surface area contributed by atoms with Crippen LogP contribution in [0.3, 0.4) is 0 Å². The monoisotopic (exact) mass is 383 g/mol. The van der Waals surface area contributed by atoms with Crippen molar-refractivity contribution < 1.29 is 23.9 Å². The van der Waals surface area contributed by atoms with Gasteiger partial charge >= 0.3 is 0 Å². The summed E-state index contributed by atoms with van der Waals surface area (Å²) in [6, 6.07) is 13.5. The first-order valence-electron chi connectivity index (χ1n) is 8.70. The molecule has 1 aliphatic rings. The van der Waals surface area contributed by atoms with Gasteiger partial charge in [0, 0.05) is 24.2 Å². The van der Waals surface area contributed by atoms with Crippen molar-refractivity contribution in [2.45, 2.75) is 6.42 Å². The minimum atomic E-state index is -0.550. The fourth-order valence-electron chi connectivity index (χ4n) is 2.93. The highest BCUT2D eigenvalue weighted by Gasteiger charge is 2.35. The normalized spacial score (nSPS) is 15.9.